The first kappa shape index (κ1) is 12.6. The van der Waals surface area contributed by atoms with Crippen LogP contribution in [-0.2, 0) is 4.79 Å². The molecule has 0 saturated carbocycles. The lowest BCUT2D eigenvalue weighted by atomic mass is 9.94. The fourth-order valence-corrected chi connectivity index (χ4v) is 1.51. The van der Waals surface area contributed by atoms with Gasteiger partial charge >= 0.3 is 5.97 Å². The van der Waals surface area contributed by atoms with Gasteiger partial charge in [0.05, 0.1) is 12.5 Å². The van der Waals surface area contributed by atoms with Crippen LogP contribution in [0.2, 0.25) is 0 Å². The van der Waals surface area contributed by atoms with Gasteiger partial charge in [-0.05, 0) is 30.0 Å². The zero-order valence-corrected chi connectivity index (χ0v) is 9.27. The van der Waals surface area contributed by atoms with Crippen LogP contribution < -0.4 is 0 Å². The number of benzene rings is 1. The van der Waals surface area contributed by atoms with Gasteiger partial charge in [-0.3, -0.25) is 4.79 Å². The minimum Gasteiger partial charge on any atom is -0.481 e. The second kappa shape index (κ2) is 5.07. The Morgan fingerprint density at radius 1 is 1.50 bits per heavy atom. The van der Waals surface area contributed by atoms with Gasteiger partial charge in [0.25, 0.3) is 0 Å². The molecule has 2 N–H and O–H groups in total. The summed E-state index contributed by atoms with van der Waals surface area (Å²) in [6.07, 6.45) is -1.09. The van der Waals surface area contributed by atoms with Crippen LogP contribution in [0.4, 0.5) is 4.39 Å². The highest BCUT2D eigenvalue weighted by Gasteiger charge is 2.19. The number of hydrogen-bond acceptors (Lipinski definition) is 2. The summed E-state index contributed by atoms with van der Waals surface area (Å²) in [5, 5.41) is 18.4. The summed E-state index contributed by atoms with van der Waals surface area (Å²) >= 11 is 0. The first-order valence-electron chi connectivity index (χ1n) is 5.07. The van der Waals surface area contributed by atoms with E-state index in [2.05, 4.69) is 0 Å². The maximum absolute atomic E-state index is 13.2. The van der Waals surface area contributed by atoms with Gasteiger partial charge in [-0.15, -0.1) is 0 Å². The summed E-state index contributed by atoms with van der Waals surface area (Å²) in [6.45, 7) is 3.25. The summed E-state index contributed by atoms with van der Waals surface area (Å²) < 4.78 is 13.2. The topological polar surface area (TPSA) is 57.5 Å². The van der Waals surface area contributed by atoms with Crippen LogP contribution in [-0.4, -0.2) is 16.2 Å². The lowest BCUT2D eigenvalue weighted by molar-refractivity contribution is -0.139. The quantitative estimate of drug-likeness (QED) is 0.828. The van der Waals surface area contributed by atoms with Crippen LogP contribution in [0.1, 0.15) is 30.6 Å². The smallest absolute Gasteiger partial charge is 0.303 e. The maximum atomic E-state index is 13.2. The van der Waals surface area contributed by atoms with Gasteiger partial charge in [0.2, 0.25) is 0 Å². The van der Waals surface area contributed by atoms with E-state index in [-0.39, 0.29) is 12.2 Å². The van der Waals surface area contributed by atoms with Gasteiger partial charge in [-0.25, -0.2) is 4.39 Å². The Morgan fingerprint density at radius 3 is 2.62 bits per heavy atom. The average Bonchev–Trinajstić information content (AvgIpc) is 2.20. The average molecular weight is 226 g/mol. The van der Waals surface area contributed by atoms with Crippen molar-refractivity contribution in [3.63, 3.8) is 0 Å². The molecule has 16 heavy (non-hydrogen) atoms. The molecule has 88 valence electrons. The van der Waals surface area contributed by atoms with E-state index >= 15 is 0 Å². The van der Waals surface area contributed by atoms with Gasteiger partial charge in [0.1, 0.15) is 5.82 Å². The Hall–Kier alpha value is -1.42. The van der Waals surface area contributed by atoms with Gasteiger partial charge in [0, 0.05) is 0 Å². The Balaban J connectivity index is 2.83. The molecule has 0 heterocycles. The molecule has 0 aliphatic carbocycles. The Labute approximate surface area is 93.5 Å². The standard InChI is InChI=1S/C12H15FO3/c1-7-3-4-9(6-10(7)13)12(16)8(2)5-11(14)15/h3-4,6,8,12,16H,5H2,1-2H3,(H,14,15). The van der Waals surface area contributed by atoms with E-state index in [1.54, 1.807) is 26.0 Å². The molecule has 0 aromatic heterocycles. The van der Waals surface area contributed by atoms with Crippen molar-refractivity contribution in [3.05, 3.63) is 35.1 Å². The number of carboxylic acid groups (broad SMARTS) is 1. The van der Waals surface area contributed by atoms with Crippen molar-refractivity contribution in [2.45, 2.75) is 26.4 Å². The molecule has 1 aromatic rings. The largest absolute Gasteiger partial charge is 0.481 e. The second-order valence-electron chi connectivity index (χ2n) is 4.03. The summed E-state index contributed by atoms with van der Waals surface area (Å²) in [4.78, 5) is 10.5. The number of aryl methyl sites for hydroxylation is 1. The van der Waals surface area contributed by atoms with Crippen molar-refractivity contribution in [1.82, 2.24) is 0 Å². The fraction of sp³-hybridized carbons (Fsp3) is 0.417. The third-order valence-electron chi connectivity index (χ3n) is 2.57. The SMILES string of the molecule is Cc1ccc(C(O)C(C)CC(=O)O)cc1F. The number of hydrogen-bond donors (Lipinski definition) is 2. The van der Waals surface area contributed by atoms with Crippen LogP contribution in [0.5, 0.6) is 0 Å². The number of aliphatic hydroxyl groups excluding tert-OH is 1. The predicted octanol–water partition coefficient (Wildman–Crippen LogP) is 2.28. The first-order valence-corrected chi connectivity index (χ1v) is 5.07. The molecular formula is C12H15FO3. The highest BCUT2D eigenvalue weighted by atomic mass is 19.1. The van der Waals surface area contributed by atoms with Crippen molar-refractivity contribution in [2.75, 3.05) is 0 Å². The molecule has 0 aliphatic rings. The summed E-state index contributed by atoms with van der Waals surface area (Å²) in [6, 6.07) is 4.43. The Bertz CT molecular complexity index is 390. The number of rotatable bonds is 4. The summed E-state index contributed by atoms with van der Waals surface area (Å²) in [5.41, 5.74) is 0.915. The van der Waals surface area contributed by atoms with Crippen molar-refractivity contribution in [3.8, 4) is 0 Å². The molecule has 0 fully saturated rings. The number of carboxylic acids is 1. The molecule has 1 rings (SSSR count). The van der Waals surface area contributed by atoms with Crippen LogP contribution in [0.25, 0.3) is 0 Å². The molecule has 0 radical (unpaired) electrons. The third kappa shape index (κ3) is 3.03. The van der Waals surface area contributed by atoms with E-state index in [0.717, 1.165) is 0 Å². The molecule has 0 saturated heterocycles. The number of halogens is 1. The van der Waals surface area contributed by atoms with E-state index < -0.39 is 18.0 Å². The van der Waals surface area contributed by atoms with Crippen LogP contribution in [0.3, 0.4) is 0 Å². The molecule has 0 spiro atoms. The molecule has 4 heteroatoms. The van der Waals surface area contributed by atoms with Crippen molar-refractivity contribution >= 4 is 5.97 Å². The second-order valence-corrected chi connectivity index (χ2v) is 4.03. The summed E-state index contributed by atoms with van der Waals surface area (Å²) in [7, 11) is 0. The minimum atomic E-state index is -0.973. The van der Waals surface area contributed by atoms with Crippen LogP contribution in [0.15, 0.2) is 18.2 Å². The molecule has 0 amide bonds. The van der Waals surface area contributed by atoms with Crippen molar-refractivity contribution in [1.29, 1.82) is 0 Å². The zero-order chi connectivity index (χ0) is 12.3. The van der Waals surface area contributed by atoms with Gasteiger partial charge in [0.15, 0.2) is 0 Å². The van der Waals surface area contributed by atoms with E-state index in [9.17, 15) is 14.3 Å². The highest BCUT2D eigenvalue weighted by Crippen LogP contribution is 2.25. The molecule has 0 aliphatic heterocycles. The Kier molecular flexibility index (Phi) is 4.01. The highest BCUT2D eigenvalue weighted by molar-refractivity contribution is 5.67. The van der Waals surface area contributed by atoms with E-state index in [1.807, 2.05) is 0 Å². The monoisotopic (exact) mass is 226 g/mol. The van der Waals surface area contributed by atoms with Crippen molar-refractivity contribution in [2.24, 2.45) is 5.92 Å². The molecule has 2 atom stereocenters. The normalized spacial score (nSPS) is 14.5. The van der Waals surface area contributed by atoms with E-state index in [0.29, 0.717) is 11.1 Å². The molecule has 2 unspecified atom stereocenters. The van der Waals surface area contributed by atoms with E-state index in [4.69, 9.17) is 5.11 Å². The maximum Gasteiger partial charge on any atom is 0.303 e. The van der Waals surface area contributed by atoms with Crippen LogP contribution >= 0.6 is 0 Å². The van der Waals surface area contributed by atoms with Gasteiger partial charge < -0.3 is 10.2 Å². The number of aliphatic carboxylic acids is 1. The number of carbonyl (C=O) groups is 1. The van der Waals surface area contributed by atoms with Crippen LogP contribution in [0, 0.1) is 18.7 Å². The minimum absolute atomic E-state index is 0.142. The fourth-order valence-electron chi connectivity index (χ4n) is 1.51. The van der Waals surface area contributed by atoms with E-state index in [1.165, 1.54) is 6.07 Å². The lowest BCUT2D eigenvalue weighted by Gasteiger charge is -2.17. The third-order valence-corrected chi connectivity index (χ3v) is 2.57. The van der Waals surface area contributed by atoms with Gasteiger partial charge in [-0.1, -0.05) is 19.1 Å². The van der Waals surface area contributed by atoms with Crippen molar-refractivity contribution < 1.29 is 19.4 Å². The molecular weight excluding hydrogens is 211 g/mol. The zero-order valence-electron chi connectivity index (χ0n) is 9.27. The molecule has 0 bridgehead atoms. The van der Waals surface area contributed by atoms with Gasteiger partial charge in [-0.2, -0.15) is 0 Å². The molecule has 3 nitrogen and oxygen atoms in total. The first-order chi connectivity index (χ1) is 7.41. The summed E-state index contributed by atoms with van der Waals surface area (Å²) in [5.74, 6) is -1.81. The Morgan fingerprint density at radius 2 is 2.12 bits per heavy atom. The predicted molar refractivity (Wildman–Crippen MR) is 57.5 cm³/mol. The molecule has 1 aromatic carbocycles. The lowest BCUT2D eigenvalue weighted by Crippen LogP contribution is -2.13. The number of aliphatic hydroxyl groups is 1.